The summed E-state index contributed by atoms with van der Waals surface area (Å²) in [7, 11) is 1.29. The van der Waals surface area contributed by atoms with Crippen LogP contribution in [0, 0.1) is 10.1 Å². The molecule has 0 amide bonds. The number of aromatic nitrogens is 2. The number of benzene rings is 2. The molecule has 0 aliphatic carbocycles. The van der Waals surface area contributed by atoms with Gasteiger partial charge in [-0.3, -0.25) is 10.1 Å². The van der Waals surface area contributed by atoms with Gasteiger partial charge in [0.15, 0.2) is 0 Å². The molecule has 0 bridgehead atoms. The molecule has 1 aromatic heterocycles. The largest absolute Gasteiger partial charge is 0.465 e. The molecule has 2 aromatic carbocycles. The number of nitro groups is 1. The highest BCUT2D eigenvalue weighted by molar-refractivity contribution is 6.30. The standard InChI is InChI=1S/C18H14ClN5O4/c1-28-18(25)11-2-6-13(7-3-11)22-16-15(24(26)27)17(21-10-20-16)23-14-8-4-12(19)5-9-14/h2-10H,1H3,(H2,20,21,22,23). The van der Waals surface area contributed by atoms with Crippen LogP contribution in [-0.4, -0.2) is 28.0 Å². The highest BCUT2D eigenvalue weighted by Crippen LogP contribution is 2.33. The molecular formula is C18H14ClN5O4. The second-order valence-corrected chi connectivity index (χ2v) is 5.94. The zero-order valence-corrected chi connectivity index (χ0v) is 15.3. The molecule has 10 heteroatoms. The van der Waals surface area contributed by atoms with Crippen LogP contribution in [0.15, 0.2) is 54.9 Å². The molecule has 3 rings (SSSR count). The molecule has 2 N–H and O–H groups in total. The molecule has 0 unspecified atom stereocenters. The number of carbonyl (C=O) groups excluding carboxylic acids is 1. The Morgan fingerprint density at radius 3 is 1.96 bits per heavy atom. The van der Waals surface area contributed by atoms with E-state index in [2.05, 4.69) is 25.3 Å². The number of ether oxygens (including phenoxy) is 1. The Morgan fingerprint density at radius 1 is 1.00 bits per heavy atom. The zero-order valence-electron chi connectivity index (χ0n) is 14.5. The van der Waals surface area contributed by atoms with Crippen LogP contribution in [0.25, 0.3) is 0 Å². The van der Waals surface area contributed by atoms with Gasteiger partial charge in [0.05, 0.1) is 17.6 Å². The van der Waals surface area contributed by atoms with Crippen LogP contribution in [0.1, 0.15) is 10.4 Å². The Kier molecular flexibility index (Phi) is 5.66. The summed E-state index contributed by atoms with van der Waals surface area (Å²) < 4.78 is 4.64. The second-order valence-electron chi connectivity index (χ2n) is 5.50. The first kappa shape index (κ1) is 19.1. The summed E-state index contributed by atoms with van der Waals surface area (Å²) in [5, 5.41) is 17.9. The fourth-order valence-electron chi connectivity index (χ4n) is 2.35. The third-order valence-electron chi connectivity index (χ3n) is 3.68. The maximum absolute atomic E-state index is 11.6. The Morgan fingerprint density at radius 2 is 1.50 bits per heavy atom. The normalized spacial score (nSPS) is 10.2. The summed E-state index contributed by atoms with van der Waals surface area (Å²) in [4.78, 5) is 30.5. The predicted molar refractivity (Wildman–Crippen MR) is 104 cm³/mol. The van der Waals surface area contributed by atoms with Crippen molar-refractivity contribution in [3.8, 4) is 0 Å². The lowest BCUT2D eigenvalue weighted by Crippen LogP contribution is -2.06. The molecule has 0 saturated heterocycles. The molecule has 0 fully saturated rings. The number of anilines is 4. The van der Waals surface area contributed by atoms with Gasteiger partial charge in [0.25, 0.3) is 0 Å². The lowest BCUT2D eigenvalue weighted by atomic mass is 10.2. The summed E-state index contributed by atoms with van der Waals surface area (Å²) in [5.74, 6) is -0.452. The van der Waals surface area contributed by atoms with Crippen molar-refractivity contribution in [3.05, 3.63) is 75.6 Å². The maximum Gasteiger partial charge on any atom is 0.353 e. The SMILES string of the molecule is COC(=O)c1ccc(Nc2ncnc(Nc3ccc(Cl)cc3)c2[N+](=O)[O-])cc1. The van der Waals surface area contributed by atoms with Gasteiger partial charge in [0.1, 0.15) is 6.33 Å². The van der Waals surface area contributed by atoms with E-state index >= 15 is 0 Å². The highest BCUT2D eigenvalue weighted by Gasteiger charge is 2.23. The number of carbonyl (C=O) groups is 1. The molecule has 0 atom stereocenters. The fraction of sp³-hybridized carbons (Fsp3) is 0.0556. The third-order valence-corrected chi connectivity index (χ3v) is 3.93. The van der Waals surface area contributed by atoms with E-state index in [9.17, 15) is 14.9 Å². The first-order chi connectivity index (χ1) is 13.5. The Hall–Kier alpha value is -3.72. The van der Waals surface area contributed by atoms with Gasteiger partial charge in [0.2, 0.25) is 11.6 Å². The maximum atomic E-state index is 11.6. The lowest BCUT2D eigenvalue weighted by Gasteiger charge is -2.10. The van der Waals surface area contributed by atoms with E-state index in [0.717, 1.165) is 0 Å². The number of rotatable bonds is 6. The van der Waals surface area contributed by atoms with Crippen molar-refractivity contribution in [3.63, 3.8) is 0 Å². The van der Waals surface area contributed by atoms with Crippen molar-refractivity contribution < 1.29 is 14.5 Å². The predicted octanol–water partition coefficient (Wildman–Crippen LogP) is 4.31. The molecule has 9 nitrogen and oxygen atoms in total. The Bertz CT molecular complexity index is 1010. The molecule has 0 radical (unpaired) electrons. The van der Waals surface area contributed by atoms with E-state index in [1.165, 1.54) is 25.6 Å². The van der Waals surface area contributed by atoms with E-state index < -0.39 is 10.9 Å². The van der Waals surface area contributed by atoms with Crippen molar-refractivity contribution in [1.29, 1.82) is 0 Å². The molecule has 0 aliphatic heterocycles. The van der Waals surface area contributed by atoms with Crippen LogP contribution < -0.4 is 10.6 Å². The smallest absolute Gasteiger partial charge is 0.353 e. The number of hydrogen-bond donors (Lipinski definition) is 2. The Balaban J connectivity index is 1.89. The number of methoxy groups -OCH3 is 1. The first-order valence-electron chi connectivity index (χ1n) is 7.95. The highest BCUT2D eigenvalue weighted by atomic mass is 35.5. The van der Waals surface area contributed by atoms with E-state index in [0.29, 0.717) is 22.0 Å². The van der Waals surface area contributed by atoms with Crippen molar-refractivity contribution in [1.82, 2.24) is 9.97 Å². The van der Waals surface area contributed by atoms with Gasteiger partial charge in [0, 0.05) is 16.4 Å². The Labute approximate surface area is 164 Å². The number of hydrogen-bond acceptors (Lipinski definition) is 8. The number of halogens is 1. The first-order valence-corrected chi connectivity index (χ1v) is 8.33. The van der Waals surface area contributed by atoms with E-state index in [4.69, 9.17) is 11.6 Å². The number of nitrogens with one attached hydrogen (secondary N) is 2. The van der Waals surface area contributed by atoms with E-state index in [1.54, 1.807) is 36.4 Å². The third kappa shape index (κ3) is 4.33. The van der Waals surface area contributed by atoms with Gasteiger partial charge in [-0.2, -0.15) is 0 Å². The van der Waals surface area contributed by atoms with E-state index in [1.807, 2.05) is 0 Å². The van der Waals surface area contributed by atoms with Crippen molar-refractivity contribution >= 4 is 46.3 Å². The van der Waals surface area contributed by atoms with Crippen molar-refractivity contribution in [2.75, 3.05) is 17.7 Å². The minimum atomic E-state index is -0.580. The van der Waals surface area contributed by atoms with Crippen LogP contribution in [-0.2, 0) is 4.74 Å². The minimum absolute atomic E-state index is 0.00211. The van der Waals surface area contributed by atoms with Crippen molar-refractivity contribution in [2.24, 2.45) is 0 Å². The van der Waals surface area contributed by atoms with Crippen LogP contribution in [0.3, 0.4) is 0 Å². The van der Waals surface area contributed by atoms with Crippen LogP contribution in [0.4, 0.5) is 28.7 Å². The molecular weight excluding hydrogens is 386 g/mol. The summed E-state index contributed by atoms with van der Waals surface area (Å²) in [6, 6.07) is 12.9. The molecule has 0 spiro atoms. The average molecular weight is 400 g/mol. The minimum Gasteiger partial charge on any atom is -0.465 e. The molecule has 1 heterocycles. The van der Waals surface area contributed by atoms with Gasteiger partial charge < -0.3 is 15.4 Å². The quantitative estimate of drug-likeness (QED) is 0.357. The van der Waals surface area contributed by atoms with Crippen LogP contribution >= 0.6 is 11.6 Å². The molecule has 0 saturated carbocycles. The summed E-state index contributed by atoms with van der Waals surface area (Å²) in [6.07, 6.45) is 1.20. The zero-order chi connectivity index (χ0) is 20.1. The van der Waals surface area contributed by atoms with Gasteiger partial charge >= 0.3 is 11.7 Å². The molecule has 28 heavy (non-hydrogen) atoms. The monoisotopic (exact) mass is 399 g/mol. The number of esters is 1. The summed E-state index contributed by atoms with van der Waals surface area (Å²) in [6.45, 7) is 0. The van der Waals surface area contributed by atoms with Gasteiger partial charge in [-0.15, -0.1) is 0 Å². The van der Waals surface area contributed by atoms with Crippen LogP contribution in [0.5, 0.6) is 0 Å². The fourth-order valence-corrected chi connectivity index (χ4v) is 2.47. The molecule has 0 aliphatic rings. The van der Waals surface area contributed by atoms with Crippen LogP contribution in [0.2, 0.25) is 5.02 Å². The second kappa shape index (κ2) is 8.31. The van der Waals surface area contributed by atoms with E-state index in [-0.39, 0.29) is 17.3 Å². The average Bonchev–Trinajstić information content (AvgIpc) is 2.69. The van der Waals surface area contributed by atoms with Crippen molar-refractivity contribution in [2.45, 2.75) is 0 Å². The van der Waals surface area contributed by atoms with Gasteiger partial charge in [-0.1, -0.05) is 11.6 Å². The summed E-state index contributed by atoms with van der Waals surface area (Å²) in [5.41, 5.74) is 1.12. The molecule has 142 valence electrons. The van der Waals surface area contributed by atoms with Gasteiger partial charge in [-0.05, 0) is 48.5 Å². The summed E-state index contributed by atoms with van der Waals surface area (Å²) >= 11 is 5.85. The topological polar surface area (TPSA) is 119 Å². The van der Waals surface area contributed by atoms with Gasteiger partial charge in [-0.25, -0.2) is 14.8 Å². The lowest BCUT2D eigenvalue weighted by molar-refractivity contribution is -0.383. The molecule has 3 aromatic rings. The number of nitrogens with zero attached hydrogens (tertiary/aromatic N) is 3.